The van der Waals surface area contributed by atoms with Crippen LogP contribution in [0.5, 0.6) is 0 Å². The van der Waals surface area contributed by atoms with E-state index in [4.69, 9.17) is 23.7 Å². The minimum Gasteiger partial charge on any atom is -0.469 e. The molecule has 1 saturated carbocycles. The highest BCUT2D eigenvalue weighted by molar-refractivity contribution is 5.74. The first-order valence-electron chi connectivity index (χ1n) is 11.4. The fourth-order valence-electron chi connectivity index (χ4n) is 4.77. The summed E-state index contributed by atoms with van der Waals surface area (Å²) in [6.07, 6.45) is 2.92. The molecule has 1 saturated heterocycles. The molecule has 32 heavy (non-hydrogen) atoms. The molecule has 0 aromatic carbocycles. The van der Waals surface area contributed by atoms with E-state index >= 15 is 0 Å². The molecule has 0 spiro atoms. The summed E-state index contributed by atoms with van der Waals surface area (Å²) < 4.78 is 27.7. The van der Waals surface area contributed by atoms with Crippen LogP contribution in [0.2, 0.25) is 0 Å². The number of methoxy groups -OCH3 is 1. The highest BCUT2D eigenvalue weighted by Crippen LogP contribution is 2.41. The van der Waals surface area contributed by atoms with Crippen LogP contribution in [0.15, 0.2) is 0 Å². The lowest BCUT2D eigenvalue weighted by atomic mass is 9.82. The lowest BCUT2D eigenvalue weighted by Gasteiger charge is -2.31. The van der Waals surface area contributed by atoms with E-state index in [0.717, 1.165) is 25.5 Å². The number of ether oxygens (including phenoxy) is 5. The van der Waals surface area contributed by atoms with Gasteiger partial charge in [-0.15, -0.1) is 0 Å². The number of rotatable bonds is 11. The first-order chi connectivity index (χ1) is 15.3. The van der Waals surface area contributed by atoms with E-state index in [1.54, 1.807) is 0 Å². The van der Waals surface area contributed by atoms with Gasteiger partial charge in [-0.25, -0.2) is 0 Å². The zero-order valence-corrected chi connectivity index (χ0v) is 19.4. The summed E-state index contributed by atoms with van der Waals surface area (Å²) in [5, 5.41) is 0. The van der Waals surface area contributed by atoms with E-state index in [1.807, 2.05) is 6.92 Å². The van der Waals surface area contributed by atoms with Crippen molar-refractivity contribution in [3.63, 3.8) is 0 Å². The van der Waals surface area contributed by atoms with E-state index in [2.05, 4.69) is 0 Å². The van der Waals surface area contributed by atoms with Crippen molar-refractivity contribution in [1.29, 1.82) is 0 Å². The zero-order chi connectivity index (χ0) is 23.7. The topological polar surface area (TPSA) is 114 Å². The first-order valence-corrected chi connectivity index (χ1v) is 11.4. The minimum absolute atomic E-state index is 0.164. The van der Waals surface area contributed by atoms with Gasteiger partial charge in [-0.05, 0) is 32.1 Å². The Balaban J connectivity index is 2.27. The van der Waals surface area contributed by atoms with Gasteiger partial charge in [0, 0.05) is 38.7 Å². The van der Waals surface area contributed by atoms with Crippen molar-refractivity contribution in [2.45, 2.75) is 90.3 Å². The molecule has 0 bridgehead atoms. The molecule has 0 aromatic heterocycles. The predicted octanol–water partition coefficient (Wildman–Crippen LogP) is 2.58. The molecule has 9 heteroatoms. The van der Waals surface area contributed by atoms with E-state index in [9.17, 15) is 19.2 Å². The fraction of sp³-hybridized carbons (Fsp3) is 0.826. The third kappa shape index (κ3) is 7.27. The van der Waals surface area contributed by atoms with E-state index in [-0.39, 0.29) is 6.42 Å². The average molecular weight is 457 g/mol. The monoisotopic (exact) mass is 456 g/mol. The van der Waals surface area contributed by atoms with Gasteiger partial charge in [-0.1, -0.05) is 13.3 Å². The Hall–Kier alpha value is -2.00. The highest BCUT2D eigenvalue weighted by atomic mass is 16.7. The van der Waals surface area contributed by atoms with E-state index < -0.39 is 60.3 Å². The van der Waals surface area contributed by atoms with Crippen LogP contribution in [-0.4, -0.2) is 62.5 Å². The highest BCUT2D eigenvalue weighted by Gasteiger charge is 2.49. The lowest BCUT2D eigenvalue weighted by molar-refractivity contribution is -0.195. The molecular formula is C23H36O9. The van der Waals surface area contributed by atoms with E-state index in [1.165, 1.54) is 21.0 Å². The number of carbonyl (C=O) groups excluding carboxylic acids is 4. The van der Waals surface area contributed by atoms with Crippen molar-refractivity contribution in [1.82, 2.24) is 0 Å². The van der Waals surface area contributed by atoms with Crippen LogP contribution in [0.25, 0.3) is 0 Å². The van der Waals surface area contributed by atoms with Gasteiger partial charge >= 0.3 is 17.9 Å². The number of esters is 3. The summed E-state index contributed by atoms with van der Waals surface area (Å²) in [6.45, 7) is 5.12. The summed E-state index contributed by atoms with van der Waals surface area (Å²) >= 11 is 0. The van der Waals surface area contributed by atoms with Crippen molar-refractivity contribution < 1.29 is 42.9 Å². The summed E-state index contributed by atoms with van der Waals surface area (Å²) in [7, 11) is 1.27. The number of hydrogen-bond acceptors (Lipinski definition) is 9. The largest absolute Gasteiger partial charge is 0.469 e. The molecule has 2 fully saturated rings. The second kappa shape index (κ2) is 12.9. The van der Waals surface area contributed by atoms with Crippen LogP contribution < -0.4 is 0 Å². The Bertz CT molecular complexity index is 643. The first kappa shape index (κ1) is 26.3. The Morgan fingerprint density at radius 1 is 1.12 bits per heavy atom. The number of aldehydes is 1. The number of hydrogen-bond donors (Lipinski definition) is 0. The molecule has 1 aliphatic carbocycles. The van der Waals surface area contributed by atoms with Crippen LogP contribution in [-0.2, 0) is 42.9 Å². The maximum atomic E-state index is 12.7. The molecule has 0 N–H and O–H groups in total. The van der Waals surface area contributed by atoms with Crippen molar-refractivity contribution in [3.05, 3.63) is 0 Å². The zero-order valence-electron chi connectivity index (χ0n) is 19.4. The molecule has 2 aliphatic rings. The van der Waals surface area contributed by atoms with Crippen molar-refractivity contribution >= 4 is 24.2 Å². The summed E-state index contributed by atoms with van der Waals surface area (Å²) in [5.74, 6) is -3.38. The van der Waals surface area contributed by atoms with Gasteiger partial charge in [-0.2, -0.15) is 0 Å². The summed E-state index contributed by atoms with van der Waals surface area (Å²) in [5.41, 5.74) is 0. The number of carbonyl (C=O) groups is 4. The fourth-order valence-corrected chi connectivity index (χ4v) is 4.77. The third-order valence-corrected chi connectivity index (χ3v) is 6.17. The quantitative estimate of drug-likeness (QED) is 0.263. The van der Waals surface area contributed by atoms with Crippen LogP contribution >= 0.6 is 0 Å². The Morgan fingerprint density at radius 2 is 1.88 bits per heavy atom. The van der Waals surface area contributed by atoms with Gasteiger partial charge in [0.15, 0.2) is 6.29 Å². The molecule has 3 unspecified atom stereocenters. The van der Waals surface area contributed by atoms with Crippen LogP contribution in [0.4, 0.5) is 0 Å². The van der Waals surface area contributed by atoms with Gasteiger partial charge in [0.1, 0.15) is 18.5 Å². The maximum Gasteiger partial charge on any atom is 0.312 e. The smallest absolute Gasteiger partial charge is 0.312 e. The molecule has 182 valence electrons. The Morgan fingerprint density at radius 3 is 2.41 bits per heavy atom. The van der Waals surface area contributed by atoms with Crippen molar-refractivity contribution in [3.8, 4) is 0 Å². The summed E-state index contributed by atoms with van der Waals surface area (Å²) in [6, 6.07) is 0. The average Bonchev–Trinajstić information content (AvgIpc) is 3.06. The van der Waals surface area contributed by atoms with Crippen molar-refractivity contribution in [2.24, 2.45) is 17.8 Å². The lowest BCUT2D eigenvalue weighted by Crippen LogP contribution is -2.38. The molecule has 0 aromatic rings. The minimum atomic E-state index is -0.793. The second-order valence-electron chi connectivity index (χ2n) is 8.53. The maximum absolute atomic E-state index is 12.7. The Labute approximate surface area is 189 Å². The van der Waals surface area contributed by atoms with Gasteiger partial charge in [0.05, 0.1) is 19.1 Å². The van der Waals surface area contributed by atoms with Crippen LogP contribution in [0.1, 0.15) is 65.7 Å². The van der Waals surface area contributed by atoms with Crippen LogP contribution in [0.3, 0.4) is 0 Å². The summed E-state index contributed by atoms with van der Waals surface area (Å²) in [4.78, 5) is 48.2. The van der Waals surface area contributed by atoms with Crippen LogP contribution in [0, 0.1) is 17.8 Å². The molecular weight excluding hydrogens is 420 g/mol. The molecule has 0 amide bonds. The second-order valence-corrected chi connectivity index (χ2v) is 8.53. The molecule has 2 rings (SSSR count). The molecule has 9 nitrogen and oxygen atoms in total. The molecule has 7 atom stereocenters. The standard InChI is InChI=1S/C23H36O9/c1-5-8-19(30-14(2)25)17(23(27)28-4)11-16-18(13-24)21(12-20(16)31-15(3)26)32-22-9-6-7-10-29-22/h13,16-22H,5-12H2,1-4H3/t16-,17?,18-,19?,20+,21-,22?/m1/s1. The van der Waals surface area contributed by atoms with Crippen molar-refractivity contribution in [2.75, 3.05) is 13.7 Å². The molecule has 1 heterocycles. The SMILES string of the molecule is CCCC(OC(C)=O)C(C[C@@H]1[C@@H](C=O)[C@H](OC2CCCCO2)C[C@@H]1OC(C)=O)C(=O)OC. The van der Waals surface area contributed by atoms with E-state index in [0.29, 0.717) is 25.9 Å². The predicted molar refractivity (Wildman–Crippen MR) is 112 cm³/mol. The Kier molecular flexibility index (Phi) is 10.6. The van der Waals surface area contributed by atoms with Gasteiger partial charge in [0.25, 0.3) is 0 Å². The van der Waals surface area contributed by atoms with Gasteiger partial charge in [0.2, 0.25) is 0 Å². The molecule has 0 radical (unpaired) electrons. The van der Waals surface area contributed by atoms with Gasteiger partial charge in [-0.3, -0.25) is 14.4 Å². The normalized spacial score (nSPS) is 29.6. The van der Waals surface area contributed by atoms with Gasteiger partial charge < -0.3 is 28.5 Å². The third-order valence-electron chi connectivity index (χ3n) is 6.17. The molecule has 1 aliphatic heterocycles.